The molecule has 2 aliphatic heterocycles. The van der Waals surface area contributed by atoms with E-state index in [1.54, 1.807) is 17.5 Å². The second-order valence-corrected chi connectivity index (χ2v) is 10.5. The summed E-state index contributed by atoms with van der Waals surface area (Å²) in [7, 11) is 0. The topological polar surface area (TPSA) is 71.5 Å². The van der Waals surface area contributed by atoms with Gasteiger partial charge in [0, 0.05) is 52.5 Å². The fourth-order valence-corrected chi connectivity index (χ4v) is 6.04. The van der Waals surface area contributed by atoms with Crippen molar-refractivity contribution in [1.29, 1.82) is 0 Å². The molecule has 2 saturated heterocycles. The molecule has 0 unspecified atom stereocenters. The van der Waals surface area contributed by atoms with Crippen LogP contribution in [0.25, 0.3) is 21.3 Å². The molecule has 2 atom stereocenters. The number of likely N-dealkylation sites (tertiary alicyclic amines) is 1. The lowest BCUT2D eigenvalue weighted by atomic mass is 9.97. The molecule has 3 aromatic rings. The van der Waals surface area contributed by atoms with E-state index < -0.39 is 0 Å². The molecule has 0 spiro atoms. The average Bonchev–Trinajstić information content (AvgIpc) is 3.34. The molecule has 0 saturated carbocycles. The van der Waals surface area contributed by atoms with Crippen LogP contribution in [0.4, 0.5) is 0 Å². The Hall–Kier alpha value is -2.48. The van der Waals surface area contributed by atoms with Crippen molar-refractivity contribution in [1.82, 2.24) is 15.2 Å². The van der Waals surface area contributed by atoms with Crippen LogP contribution >= 0.6 is 22.9 Å². The monoisotopic (exact) mass is 483 g/mol. The SMILES string of the molecule is Cc1cc(Cl)cc(-c2ccnc3cc(CN4C(=O)CCC4=O)sc23)c1O[C@@H]1CCNC[C@@H]1C. The summed E-state index contributed by atoms with van der Waals surface area (Å²) in [5, 5.41) is 4.08. The first kappa shape index (κ1) is 22.3. The minimum absolute atomic E-state index is 0.108. The number of fused-ring (bicyclic) bond motifs is 1. The summed E-state index contributed by atoms with van der Waals surface area (Å²) in [6.07, 6.45) is 3.46. The number of carbonyl (C=O) groups is 2. The predicted molar refractivity (Wildman–Crippen MR) is 131 cm³/mol. The van der Waals surface area contributed by atoms with Gasteiger partial charge in [0.1, 0.15) is 11.9 Å². The van der Waals surface area contributed by atoms with Crippen LogP contribution in [0.1, 0.15) is 36.6 Å². The number of nitrogens with zero attached hydrogens (tertiary/aromatic N) is 2. The molecular formula is C25H26ClN3O3S. The Morgan fingerprint density at radius 1 is 1.21 bits per heavy atom. The third-order valence-electron chi connectivity index (χ3n) is 6.44. The molecule has 4 heterocycles. The number of thiophene rings is 1. The van der Waals surface area contributed by atoms with Crippen LogP contribution in [0.15, 0.2) is 30.5 Å². The summed E-state index contributed by atoms with van der Waals surface area (Å²) in [5.41, 5.74) is 3.78. The maximum atomic E-state index is 12.1. The lowest BCUT2D eigenvalue weighted by Gasteiger charge is -2.31. The number of pyridine rings is 1. The number of rotatable bonds is 5. The van der Waals surface area contributed by atoms with Gasteiger partial charge in [-0.1, -0.05) is 18.5 Å². The molecule has 6 nitrogen and oxygen atoms in total. The van der Waals surface area contributed by atoms with Crippen molar-refractivity contribution in [2.24, 2.45) is 5.92 Å². The van der Waals surface area contributed by atoms with Crippen LogP contribution in [0, 0.1) is 12.8 Å². The molecule has 2 amide bonds. The van der Waals surface area contributed by atoms with E-state index in [4.69, 9.17) is 16.3 Å². The van der Waals surface area contributed by atoms with Gasteiger partial charge >= 0.3 is 0 Å². The molecule has 2 aromatic heterocycles. The van der Waals surface area contributed by atoms with Crippen molar-refractivity contribution in [3.05, 3.63) is 45.9 Å². The average molecular weight is 484 g/mol. The smallest absolute Gasteiger partial charge is 0.230 e. The zero-order valence-corrected chi connectivity index (χ0v) is 20.3. The van der Waals surface area contributed by atoms with Gasteiger partial charge in [0.05, 0.1) is 16.8 Å². The number of hydrogen-bond donors (Lipinski definition) is 1. The molecule has 0 radical (unpaired) electrons. The Labute approximate surface area is 201 Å². The van der Waals surface area contributed by atoms with Crippen LogP contribution in [0.3, 0.4) is 0 Å². The van der Waals surface area contributed by atoms with Crippen molar-refractivity contribution in [3.8, 4) is 16.9 Å². The van der Waals surface area contributed by atoms with Crippen LogP contribution in [0.5, 0.6) is 5.75 Å². The molecule has 1 N–H and O–H groups in total. The zero-order valence-electron chi connectivity index (χ0n) is 18.7. The second kappa shape index (κ2) is 9.05. The lowest BCUT2D eigenvalue weighted by molar-refractivity contribution is -0.138. The fraction of sp³-hybridized carbons (Fsp3) is 0.400. The Balaban J connectivity index is 1.55. The van der Waals surface area contributed by atoms with Gasteiger partial charge < -0.3 is 10.1 Å². The molecule has 33 heavy (non-hydrogen) atoms. The van der Waals surface area contributed by atoms with E-state index >= 15 is 0 Å². The molecule has 5 rings (SSSR count). The summed E-state index contributed by atoms with van der Waals surface area (Å²) >= 11 is 8.05. The highest BCUT2D eigenvalue weighted by molar-refractivity contribution is 7.19. The van der Waals surface area contributed by atoms with E-state index in [1.807, 2.05) is 31.2 Å². The highest BCUT2D eigenvalue weighted by Crippen LogP contribution is 2.42. The summed E-state index contributed by atoms with van der Waals surface area (Å²) in [4.78, 5) is 31.0. The number of aryl methyl sites for hydroxylation is 1. The van der Waals surface area contributed by atoms with Crippen molar-refractivity contribution in [2.75, 3.05) is 13.1 Å². The quantitative estimate of drug-likeness (QED) is 0.520. The molecule has 2 aliphatic rings. The van der Waals surface area contributed by atoms with Gasteiger partial charge in [-0.25, -0.2) is 0 Å². The van der Waals surface area contributed by atoms with Crippen molar-refractivity contribution in [2.45, 2.75) is 45.8 Å². The van der Waals surface area contributed by atoms with E-state index in [0.717, 1.165) is 57.0 Å². The number of ether oxygens (including phenoxy) is 1. The van der Waals surface area contributed by atoms with Gasteiger partial charge in [0.25, 0.3) is 0 Å². The van der Waals surface area contributed by atoms with Crippen molar-refractivity contribution < 1.29 is 14.3 Å². The Morgan fingerprint density at radius 2 is 2.00 bits per heavy atom. The zero-order chi connectivity index (χ0) is 23.1. The molecule has 0 bridgehead atoms. The number of hydrogen-bond acceptors (Lipinski definition) is 6. The van der Waals surface area contributed by atoms with E-state index in [9.17, 15) is 9.59 Å². The van der Waals surface area contributed by atoms with Crippen LogP contribution < -0.4 is 10.1 Å². The van der Waals surface area contributed by atoms with E-state index in [1.165, 1.54) is 4.90 Å². The van der Waals surface area contributed by atoms with Crippen LogP contribution in [-0.4, -0.2) is 40.9 Å². The first-order chi connectivity index (χ1) is 15.9. The maximum absolute atomic E-state index is 12.1. The highest BCUT2D eigenvalue weighted by atomic mass is 35.5. The Bertz CT molecular complexity index is 1230. The fourth-order valence-electron chi connectivity index (χ4n) is 4.64. The standard InChI is InChI=1S/C25H26ClN3O3S/c1-14-9-16(26)10-19(24(14)32-21-6-7-27-12-15(21)2)18-5-8-28-20-11-17(33-25(18)20)13-29-22(30)3-4-23(29)31/h5,8-11,15,21,27H,3-4,6-7,12-13H2,1-2H3/t15-,21+/m0/s1. The Kier molecular flexibility index (Phi) is 6.12. The lowest BCUT2D eigenvalue weighted by Crippen LogP contribution is -2.41. The van der Waals surface area contributed by atoms with Crippen LogP contribution in [-0.2, 0) is 16.1 Å². The first-order valence-corrected chi connectivity index (χ1v) is 12.5. The van der Waals surface area contributed by atoms with E-state index in [-0.39, 0.29) is 17.9 Å². The molecule has 1 aromatic carbocycles. The number of halogens is 1. The molecular weight excluding hydrogens is 458 g/mol. The number of aromatic nitrogens is 1. The van der Waals surface area contributed by atoms with Gasteiger partial charge in [-0.3, -0.25) is 19.5 Å². The minimum atomic E-state index is -0.108. The normalized spacial score (nSPS) is 21.2. The summed E-state index contributed by atoms with van der Waals surface area (Å²) in [5.74, 6) is 1.04. The van der Waals surface area contributed by atoms with Crippen molar-refractivity contribution >= 4 is 45.0 Å². The minimum Gasteiger partial charge on any atom is -0.489 e. The number of imide groups is 1. The molecule has 0 aliphatic carbocycles. The predicted octanol–water partition coefficient (Wildman–Crippen LogP) is 4.95. The number of benzene rings is 1. The largest absolute Gasteiger partial charge is 0.489 e. The first-order valence-electron chi connectivity index (χ1n) is 11.3. The van der Waals surface area contributed by atoms with Gasteiger partial charge in [0.2, 0.25) is 11.8 Å². The molecule has 172 valence electrons. The van der Waals surface area contributed by atoms with E-state index in [0.29, 0.717) is 30.3 Å². The number of amides is 2. The van der Waals surface area contributed by atoms with Gasteiger partial charge in [-0.2, -0.15) is 0 Å². The van der Waals surface area contributed by atoms with E-state index in [2.05, 4.69) is 17.2 Å². The third kappa shape index (κ3) is 4.37. The second-order valence-electron chi connectivity index (χ2n) is 8.88. The van der Waals surface area contributed by atoms with Gasteiger partial charge in [-0.15, -0.1) is 11.3 Å². The maximum Gasteiger partial charge on any atom is 0.230 e. The Morgan fingerprint density at radius 3 is 2.76 bits per heavy atom. The number of piperidine rings is 1. The summed E-state index contributed by atoms with van der Waals surface area (Å²) in [6.45, 7) is 6.41. The summed E-state index contributed by atoms with van der Waals surface area (Å²) in [6, 6.07) is 7.85. The molecule has 2 fully saturated rings. The number of carbonyl (C=O) groups excluding carboxylic acids is 2. The highest BCUT2D eigenvalue weighted by Gasteiger charge is 2.30. The molecule has 8 heteroatoms. The summed E-state index contributed by atoms with van der Waals surface area (Å²) < 4.78 is 7.62. The van der Waals surface area contributed by atoms with Crippen LogP contribution in [0.2, 0.25) is 5.02 Å². The number of nitrogens with one attached hydrogen (secondary N) is 1. The van der Waals surface area contributed by atoms with Gasteiger partial charge in [0.15, 0.2) is 0 Å². The van der Waals surface area contributed by atoms with Gasteiger partial charge in [-0.05, 0) is 49.7 Å². The third-order valence-corrected chi connectivity index (χ3v) is 7.80. The van der Waals surface area contributed by atoms with Crippen molar-refractivity contribution in [3.63, 3.8) is 0 Å².